The molecule has 0 saturated heterocycles. The molecular weight excluding hydrogens is 184 g/mol. The van der Waals surface area contributed by atoms with Gasteiger partial charge in [-0.05, 0) is 12.1 Å². The van der Waals surface area contributed by atoms with Crippen molar-refractivity contribution in [3.05, 3.63) is 30.1 Å². The van der Waals surface area contributed by atoms with Crippen LogP contribution in [0.5, 0.6) is 0 Å². The molecule has 1 rings (SSSR count). The maximum Gasteiger partial charge on any atom is 0.279 e. The van der Waals surface area contributed by atoms with Crippen LogP contribution in [-0.4, -0.2) is 30.3 Å². The molecule has 14 heavy (non-hydrogen) atoms. The Morgan fingerprint density at radius 1 is 1.43 bits per heavy atom. The first-order chi connectivity index (χ1) is 6.77. The van der Waals surface area contributed by atoms with Crippen LogP contribution in [0.15, 0.2) is 24.4 Å². The monoisotopic (exact) mass is 196 g/mol. The average Bonchev–Trinajstić information content (AvgIpc) is 2.21. The van der Waals surface area contributed by atoms with E-state index in [-0.39, 0.29) is 12.3 Å². The van der Waals surface area contributed by atoms with Crippen LogP contribution in [0, 0.1) is 0 Å². The third-order valence-corrected chi connectivity index (χ3v) is 1.59. The SMILES string of the molecule is CON(OC)C(=O)Cc1ccccn1. The summed E-state index contributed by atoms with van der Waals surface area (Å²) in [5.74, 6) is -0.297. The molecule has 0 spiro atoms. The molecule has 0 atom stereocenters. The number of carbonyl (C=O) groups excluding carboxylic acids is 1. The Kier molecular flexibility index (Phi) is 4.03. The Labute approximate surface area is 82.2 Å². The summed E-state index contributed by atoms with van der Waals surface area (Å²) in [7, 11) is 2.72. The first kappa shape index (κ1) is 10.6. The minimum absolute atomic E-state index is 0.155. The molecule has 0 aliphatic rings. The number of rotatable bonds is 4. The van der Waals surface area contributed by atoms with Crippen molar-refractivity contribution in [2.45, 2.75) is 6.42 Å². The van der Waals surface area contributed by atoms with Gasteiger partial charge in [0, 0.05) is 11.9 Å². The molecule has 5 heteroatoms. The lowest BCUT2D eigenvalue weighted by Gasteiger charge is -2.15. The van der Waals surface area contributed by atoms with E-state index in [1.807, 2.05) is 6.07 Å². The van der Waals surface area contributed by atoms with E-state index in [1.54, 1.807) is 18.3 Å². The summed E-state index contributed by atoms with van der Waals surface area (Å²) in [6, 6.07) is 5.37. The van der Waals surface area contributed by atoms with Gasteiger partial charge in [0.15, 0.2) is 0 Å². The summed E-state index contributed by atoms with van der Waals surface area (Å²) in [4.78, 5) is 24.8. The summed E-state index contributed by atoms with van der Waals surface area (Å²) < 4.78 is 0. The number of hydrogen-bond donors (Lipinski definition) is 0. The molecule has 1 amide bonds. The fourth-order valence-electron chi connectivity index (χ4n) is 1.00. The Morgan fingerprint density at radius 2 is 2.14 bits per heavy atom. The van der Waals surface area contributed by atoms with Crippen LogP contribution in [0.4, 0.5) is 0 Å². The Bertz CT molecular complexity index is 285. The second-order valence-electron chi connectivity index (χ2n) is 2.51. The quantitative estimate of drug-likeness (QED) is 0.661. The number of carbonyl (C=O) groups is 1. The van der Waals surface area contributed by atoms with Crippen LogP contribution >= 0.6 is 0 Å². The Morgan fingerprint density at radius 3 is 2.64 bits per heavy atom. The maximum atomic E-state index is 11.4. The normalized spacial score (nSPS) is 9.86. The minimum atomic E-state index is -0.297. The maximum absolute atomic E-state index is 11.4. The van der Waals surface area contributed by atoms with Gasteiger partial charge >= 0.3 is 0 Å². The number of pyridine rings is 1. The topological polar surface area (TPSA) is 51.7 Å². The van der Waals surface area contributed by atoms with Crippen LogP contribution in [0.25, 0.3) is 0 Å². The Balaban J connectivity index is 2.57. The predicted octanol–water partition coefficient (Wildman–Crippen LogP) is 0.575. The van der Waals surface area contributed by atoms with Crippen molar-refractivity contribution in [2.75, 3.05) is 14.2 Å². The number of amides is 1. The highest BCUT2D eigenvalue weighted by atomic mass is 16.9. The van der Waals surface area contributed by atoms with Crippen LogP contribution in [-0.2, 0) is 20.9 Å². The molecule has 0 aliphatic carbocycles. The van der Waals surface area contributed by atoms with Gasteiger partial charge in [0.2, 0.25) is 0 Å². The van der Waals surface area contributed by atoms with Crippen molar-refractivity contribution in [2.24, 2.45) is 0 Å². The van der Waals surface area contributed by atoms with Crippen LogP contribution in [0.3, 0.4) is 0 Å². The lowest BCUT2D eigenvalue weighted by molar-refractivity contribution is -0.317. The smallest absolute Gasteiger partial charge is 0.269 e. The largest absolute Gasteiger partial charge is 0.279 e. The second kappa shape index (κ2) is 5.31. The first-order valence-electron chi connectivity index (χ1n) is 4.09. The molecule has 0 unspecified atom stereocenters. The van der Waals surface area contributed by atoms with Crippen molar-refractivity contribution >= 4 is 5.91 Å². The molecule has 0 bridgehead atoms. The molecular formula is C9H12N2O3. The molecule has 1 heterocycles. The summed E-state index contributed by atoms with van der Waals surface area (Å²) >= 11 is 0. The third kappa shape index (κ3) is 2.79. The van der Waals surface area contributed by atoms with Crippen molar-refractivity contribution < 1.29 is 14.5 Å². The van der Waals surface area contributed by atoms with Gasteiger partial charge in [-0.15, -0.1) is 0 Å². The molecule has 0 aliphatic heterocycles. The summed E-state index contributed by atoms with van der Waals surface area (Å²) in [6.45, 7) is 0. The van der Waals surface area contributed by atoms with Gasteiger partial charge in [-0.1, -0.05) is 11.3 Å². The predicted molar refractivity (Wildman–Crippen MR) is 48.8 cm³/mol. The summed E-state index contributed by atoms with van der Waals surface area (Å²) in [5.41, 5.74) is 0.677. The van der Waals surface area contributed by atoms with E-state index in [0.717, 1.165) is 5.23 Å². The zero-order valence-corrected chi connectivity index (χ0v) is 8.14. The van der Waals surface area contributed by atoms with Crippen molar-refractivity contribution in [1.82, 2.24) is 10.2 Å². The minimum Gasteiger partial charge on any atom is -0.269 e. The van der Waals surface area contributed by atoms with E-state index >= 15 is 0 Å². The molecule has 0 radical (unpaired) electrons. The number of nitrogens with zero attached hydrogens (tertiary/aromatic N) is 2. The van der Waals surface area contributed by atoms with E-state index < -0.39 is 0 Å². The molecule has 5 nitrogen and oxygen atoms in total. The molecule has 76 valence electrons. The van der Waals surface area contributed by atoms with Gasteiger partial charge < -0.3 is 0 Å². The van der Waals surface area contributed by atoms with Crippen molar-refractivity contribution in [3.8, 4) is 0 Å². The van der Waals surface area contributed by atoms with Crippen LogP contribution in [0.2, 0.25) is 0 Å². The number of aromatic nitrogens is 1. The van der Waals surface area contributed by atoms with Crippen molar-refractivity contribution in [1.29, 1.82) is 0 Å². The van der Waals surface area contributed by atoms with E-state index in [0.29, 0.717) is 5.69 Å². The van der Waals surface area contributed by atoms with E-state index in [9.17, 15) is 4.79 Å². The third-order valence-electron chi connectivity index (χ3n) is 1.59. The fraction of sp³-hybridized carbons (Fsp3) is 0.333. The first-order valence-corrected chi connectivity index (χ1v) is 4.09. The van der Waals surface area contributed by atoms with E-state index in [2.05, 4.69) is 14.7 Å². The molecule has 0 fully saturated rings. The Hall–Kier alpha value is -1.46. The van der Waals surface area contributed by atoms with Crippen molar-refractivity contribution in [3.63, 3.8) is 0 Å². The van der Waals surface area contributed by atoms with Gasteiger partial charge in [0.05, 0.1) is 20.6 Å². The highest BCUT2D eigenvalue weighted by molar-refractivity contribution is 5.76. The zero-order valence-electron chi connectivity index (χ0n) is 8.14. The zero-order chi connectivity index (χ0) is 10.4. The van der Waals surface area contributed by atoms with Gasteiger partial charge in [-0.3, -0.25) is 9.78 Å². The molecule has 0 aromatic carbocycles. The van der Waals surface area contributed by atoms with E-state index in [4.69, 9.17) is 0 Å². The van der Waals surface area contributed by atoms with E-state index in [1.165, 1.54) is 14.2 Å². The standard InChI is InChI=1S/C9H12N2O3/c1-13-11(14-2)9(12)7-8-5-3-4-6-10-8/h3-6H,7H2,1-2H3. The summed E-state index contributed by atoms with van der Waals surface area (Å²) in [6.07, 6.45) is 1.79. The van der Waals surface area contributed by atoms with Gasteiger partial charge in [-0.25, -0.2) is 9.68 Å². The highest BCUT2D eigenvalue weighted by Gasteiger charge is 2.13. The molecule has 1 aromatic rings. The lowest BCUT2D eigenvalue weighted by Crippen LogP contribution is -2.30. The van der Waals surface area contributed by atoms with Gasteiger partial charge in [-0.2, -0.15) is 0 Å². The van der Waals surface area contributed by atoms with Gasteiger partial charge in [0.1, 0.15) is 0 Å². The molecule has 1 aromatic heterocycles. The number of hydrogen-bond acceptors (Lipinski definition) is 4. The fourth-order valence-corrected chi connectivity index (χ4v) is 1.00. The highest BCUT2D eigenvalue weighted by Crippen LogP contribution is 1.99. The van der Waals surface area contributed by atoms with Crippen LogP contribution < -0.4 is 0 Å². The van der Waals surface area contributed by atoms with Crippen LogP contribution in [0.1, 0.15) is 5.69 Å². The van der Waals surface area contributed by atoms with Gasteiger partial charge in [0.25, 0.3) is 5.91 Å². The second-order valence-corrected chi connectivity index (χ2v) is 2.51. The number of hydroxylamine groups is 2. The molecule has 0 saturated carbocycles. The molecule has 0 N–H and O–H groups in total. The lowest BCUT2D eigenvalue weighted by atomic mass is 10.3. The summed E-state index contributed by atoms with van der Waals surface area (Å²) in [5, 5.41) is 0.814. The average molecular weight is 196 g/mol.